The van der Waals surface area contributed by atoms with Gasteiger partial charge in [0.25, 0.3) is 0 Å². The molecule has 0 radical (unpaired) electrons. The number of benzene rings is 1. The summed E-state index contributed by atoms with van der Waals surface area (Å²) in [5, 5.41) is 0. The van der Waals surface area contributed by atoms with Crippen molar-refractivity contribution in [2.24, 2.45) is 5.73 Å². The van der Waals surface area contributed by atoms with Crippen molar-refractivity contribution < 1.29 is 14.2 Å². The van der Waals surface area contributed by atoms with Crippen LogP contribution >= 0.6 is 0 Å². The van der Waals surface area contributed by atoms with Gasteiger partial charge in [-0.2, -0.15) is 0 Å². The van der Waals surface area contributed by atoms with Crippen LogP contribution in [0.1, 0.15) is 5.69 Å². The van der Waals surface area contributed by atoms with Gasteiger partial charge in [-0.05, 0) is 0 Å². The van der Waals surface area contributed by atoms with Crippen LogP contribution in [0.25, 0.3) is 5.69 Å². The van der Waals surface area contributed by atoms with Crippen molar-refractivity contribution in [3.05, 3.63) is 30.4 Å². The Morgan fingerprint density at radius 3 is 2.21 bits per heavy atom. The standard InChI is InChI=1S/C13H17N3O3/c1-17-11-4-9(5-12(18-2)13(11)19-3)16-8-15-7-10(16)6-14/h4-5,7-8H,6,14H2,1-3H3. The predicted molar refractivity (Wildman–Crippen MR) is 71.1 cm³/mol. The summed E-state index contributed by atoms with van der Waals surface area (Å²) in [6.45, 7) is 0.399. The lowest BCUT2D eigenvalue weighted by Gasteiger charge is -2.15. The maximum absolute atomic E-state index is 5.68. The minimum atomic E-state index is 0.399. The smallest absolute Gasteiger partial charge is 0.203 e. The number of rotatable bonds is 5. The summed E-state index contributed by atoms with van der Waals surface area (Å²) in [5.74, 6) is 1.74. The zero-order valence-corrected chi connectivity index (χ0v) is 11.2. The first-order valence-electron chi connectivity index (χ1n) is 5.76. The highest BCUT2D eigenvalue weighted by molar-refractivity contribution is 5.58. The number of hydrogen-bond donors (Lipinski definition) is 1. The Morgan fingerprint density at radius 2 is 1.74 bits per heavy atom. The molecule has 2 aromatic rings. The van der Waals surface area contributed by atoms with Crippen molar-refractivity contribution >= 4 is 0 Å². The third-order valence-electron chi connectivity index (χ3n) is 2.85. The zero-order valence-electron chi connectivity index (χ0n) is 11.2. The largest absolute Gasteiger partial charge is 0.493 e. The van der Waals surface area contributed by atoms with E-state index >= 15 is 0 Å². The van der Waals surface area contributed by atoms with Crippen LogP contribution in [0.15, 0.2) is 24.7 Å². The van der Waals surface area contributed by atoms with E-state index in [2.05, 4.69) is 4.98 Å². The van der Waals surface area contributed by atoms with Crippen LogP contribution in [-0.2, 0) is 6.54 Å². The minimum Gasteiger partial charge on any atom is -0.493 e. The van der Waals surface area contributed by atoms with E-state index in [4.69, 9.17) is 19.9 Å². The average Bonchev–Trinajstić information content (AvgIpc) is 2.93. The molecule has 19 heavy (non-hydrogen) atoms. The van der Waals surface area contributed by atoms with E-state index in [-0.39, 0.29) is 0 Å². The van der Waals surface area contributed by atoms with Crippen LogP contribution in [0, 0.1) is 0 Å². The van der Waals surface area contributed by atoms with Crippen molar-refractivity contribution in [3.63, 3.8) is 0 Å². The van der Waals surface area contributed by atoms with Crippen LogP contribution in [-0.4, -0.2) is 30.9 Å². The molecule has 102 valence electrons. The van der Waals surface area contributed by atoms with Gasteiger partial charge in [0.2, 0.25) is 5.75 Å². The van der Waals surface area contributed by atoms with E-state index < -0.39 is 0 Å². The Balaban J connectivity index is 2.59. The van der Waals surface area contributed by atoms with Gasteiger partial charge in [-0.25, -0.2) is 4.98 Å². The van der Waals surface area contributed by atoms with E-state index in [1.165, 1.54) is 0 Å². The van der Waals surface area contributed by atoms with Crippen LogP contribution in [0.3, 0.4) is 0 Å². The maximum atomic E-state index is 5.68. The van der Waals surface area contributed by atoms with Crippen molar-refractivity contribution in [2.75, 3.05) is 21.3 Å². The Bertz CT molecular complexity index is 541. The predicted octanol–water partition coefficient (Wildman–Crippen LogP) is 1.36. The fourth-order valence-electron chi connectivity index (χ4n) is 1.91. The topological polar surface area (TPSA) is 71.5 Å². The lowest BCUT2D eigenvalue weighted by molar-refractivity contribution is 0.324. The van der Waals surface area contributed by atoms with Gasteiger partial charge in [-0.1, -0.05) is 0 Å². The molecule has 6 nitrogen and oxygen atoms in total. The zero-order chi connectivity index (χ0) is 13.8. The summed E-state index contributed by atoms with van der Waals surface area (Å²) in [5.41, 5.74) is 7.43. The number of nitrogens with two attached hydrogens (primary N) is 1. The van der Waals surface area contributed by atoms with Crippen molar-refractivity contribution in [1.82, 2.24) is 9.55 Å². The molecular formula is C13H17N3O3. The number of imidazole rings is 1. The van der Waals surface area contributed by atoms with Gasteiger partial charge in [0.1, 0.15) is 0 Å². The number of nitrogens with zero attached hydrogens (tertiary/aromatic N) is 2. The van der Waals surface area contributed by atoms with Gasteiger partial charge >= 0.3 is 0 Å². The molecule has 0 amide bonds. The maximum Gasteiger partial charge on any atom is 0.203 e. The van der Waals surface area contributed by atoms with Gasteiger partial charge in [-0.3, -0.25) is 0 Å². The Labute approximate surface area is 111 Å². The fourth-order valence-corrected chi connectivity index (χ4v) is 1.91. The second-order valence-electron chi connectivity index (χ2n) is 3.84. The second-order valence-corrected chi connectivity index (χ2v) is 3.84. The van der Waals surface area contributed by atoms with Gasteiger partial charge < -0.3 is 24.5 Å². The quantitative estimate of drug-likeness (QED) is 0.881. The fraction of sp³-hybridized carbons (Fsp3) is 0.308. The SMILES string of the molecule is COc1cc(-n2cncc2CN)cc(OC)c1OC. The van der Waals surface area contributed by atoms with Crippen LogP contribution < -0.4 is 19.9 Å². The highest BCUT2D eigenvalue weighted by Gasteiger charge is 2.15. The molecule has 1 aromatic heterocycles. The first kappa shape index (κ1) is 13.2. The molecule has 0 unspecified atom stereocenters. The molecule has 1 aromatic carbocycles. The summed E-state index contributed by atoms with van der Waals surface area (Å²) >= 11 is 0. The van der Waals surface area contributed by atoms with E-state index in [1.807, 2.05) is 16.7 Å². The molecule has 0 atom stereocenters. The molecule has 6 heteroatoms. The highest BCUT2D eigenvalue weighted by Crippen LogP contribution is 2.39. The van der Waals surface area contributed by atoms with Crippen molar-refractivity contribution in [1.29, 1.82) is 0 Å². The van der Waals surface area contributed by atoms with Crippen molar-refractivity contribution in [2.45, 2.75) is 6.54 Å². The van der Waals surface area contributed by atoms with Gasteiger partial charge in [0, 0.05) is 24.9 Å². The molecule has 0 fully saturated rings. The lowest BCUT2D eigenvalue weighted by Crippen LogP contribution is -2.05. The summed E-state index contributed by atoms with van der Waals surface area (Å²) in [4.78, 5) is 4.09. The van der Waals surface area contributed by atoms with E-state index in [1.54, 1.807) is 33.9 Å². The summed E-state index contributed by atoms with van der Waals surface area (Å²) in [6, 6.07) is 3.70. The molecule has 0 spiro atoms. The molecule has 2 rings (SSSR count). The lowest BCUT2D eigenvalue weighted by atomic mass is 10.2. The summed E-state index contributed by atoms with van der Waals surface area (Å²) in [6.07, 6.45) is 3.42. The van der Waals surface area contributed by atoms with E-state index in [0.29, 0.717) is 23.8 Å². The van der Waals surface area contributed by atoms with Gasteiger partial charge in [-0.15, -0.1) is 0 Å². The molecule has 0 saturated carbocycles. The monoisotopic (exact) mass is 263 g/mol. The Morgan fingerprint density at radius 1 is 1.11 bits per heavy atom. The number of aromatic nitrogens is 2. The third-order valence-corrected chi connectivity index (χ3v) is 2.85. The molecular weight excluding hydrogens is 246 g/mol. The molecule has 0 aliphatic heterocycles. The molecule has 0 aliphatic rings. The minimum absolute atomic E-state index is 0.399. The molecule has 1 heterocycles. The van der Waals surface area contributed by atoms with E-state index in [9.17, 15) is 0 Å². The van der Waals surface area contributed by atoms with Crippen molar-refractivity contribution in [3.8, 4) is 22.9 Å². The summed E-state index contributed by atoms with van der Waals surface area (Å²) < 4.78 is 17.8. The second kappa shape index (κ2) is 5.62. The molecule has 0 bridgehead atoms. The molecule has 2 N–H and O–H groups in total. The first-order chi connectivity index (χ1) is 9.24. The molecule has 0 saturated heterocycles. The Kier molecular flexibility index (Phi) is 3.91. The van der Waals surface area contributed by atoms with Crippen LogP contribution in [0.4, 0.5) is 0 Å². The van der Waals surface area contributed by atoms with Gasteiger partial charge in [0.15, 0.2) is 11.5 Å². The van der Waals surface area contributed by atoms with Crippen LogP contribution in [0.5, 0.6) is 17.2 Å². The summed E-state index contributed by atoms with van der Waals surface area (Å²) in [7, 11) is 4.74. The number of ether oxygens (including phenoxy) is 3. The Hall–Kier alpha value is -2.21. The normalized spacial score (nSPS) is 10.3. The number of hydrogen-bond acceptors (Lipinski definition) is 5. The van der Waals surface area contributed by atoms with E-state index in [0.717, 1.165) is 11.4 Å². The highest BCUT2D eigenvalue weighted by atomic mass is 16.5. The first-order valence-corrected chi connectivity index (χ1v) is 5.76. The third kappa shape index (κ3) is 2.34. The average molecular weight is 263 g/mol. The van der Waals surface area contributed by atoms with Gasteiger partial charge in [0.05, 0.1) is 39.0 Å². The molecule has 0 aliphatic carbocycles. The number of methoxy groups -OCH3 is 3. The van der Waals surface area contributed by atoms with Crippen LogP contribution in [0.2, 0.25) is 0 Å².